The van der Waals surface area contributed by atoms with Crippen LogP contribution in [0.4, 0.5) is 0 Å². The number of aromatic hydroxyl groups is 1. The van der Waals surface area contributed by atoms with Gasteiger partial charge in [-0.25, -0.2) is 4.79 Å². The number of carbonyl (C=O) groups excluding carboxylic acids is 1. The van der Waals surface area contributed by atoms with Gasteiger partial charge >= 0.3 is 5.97 Å². The number of halogens is 2. The number of rotatable bonds is 4. The smallest absolute Gasteiger partial charge is 0.338 e. The fourth-order valence-electron chi connectivity index (χ4n) is 1.30. The molecule has 0 aliphatic carbocycles. The van der Waals surface area contributed by atoms with Crippen molar-refractivity contribution in [1.29, 1.82) is 0 Å². The van der Waals surface area contributed by atoms with E-state index in [0.717, 1.165) is 6.07 Å². The van der Waals surface area contributed by atoms with E-state index < -0.39 is 18.2 Å². The lowest BCUT2D eigenvalue weighted by Gasteiger charge is -2.18. The third-order valence-corrected chi connectivity index (χ3v) is 2.84. The summed E-state index contributed by atoms with van der Waals surface area (Å²) in [5.74, 6) is -1.23. The van der Waals surface area contributed by atoms with E-state index in [4.69, 9.17) is 23.2 Å². The molecule has 5 nitrogen and oxygen atoms in total. The number of hydrogen-bond donors (Lipinski definition) is 3. The van der Waals surface area contributed by atoms with Gasteiger partial charge in [0.1, 0.15) is 11.9 Å². The lowest BCUT2D eigenvalue weighted by Crippen LogP contribution is -2.30. The zero-order valence-electron chi connectivity index (χ0n) is 9.43. The van der Waals surface area contributed by atoms with E-state index >= 15 is 0 Å². The van der Waals surface area contributed by atoms with Crippen LogP contribution in [0.3, 0.4) is 0 Å². The lowest BCUT2D eigenvalue weighted by molar-refractivity contribution is -0.159. The van der Waals surface area contributed by atoms with Crippen molar-refractivity contribution in [3.63, 3.8) is 0 Å². The normalized spacial score (nSPS) is 14.1. The summed E-state index contributed by atoms with van der Waals surface area (Å²) < 4.78 is 4.57. The van der Waals surface area contributed by atoms with Crippen molar-refractivity contribution in [1.82, 2.24) is 0 Å². The first-order valence-corrected chi connectivity index (χ1v) is 5.84. The van der Waals surface area contributed by atoms with Crippen molar-refractivity contribution in [2.75, 3.05) is 6.61 Å². The first kappa shape index (κ1) is 15.0. The molecular weight excluding hydrogens is 283 g/mol. The van der Waals surface area contributed by atoms with E-state index in [1.807, 2.05) is 0 Å². The number of hydrogen-bond acceptors (Lipinski definition) is 5. The summed E-state index contributed by atoms with van der Waals surface area (Å²) in [7, 11) is 0. The van der Waals surface area contributed by atoms with Crippen molar-refractivity contribution >= 4 is 29.2 Å². The van der Waals surface area contributed by atoms with Crippen LogP contribution in [0.2, 0.25) is 10.0 Å². The molecule has 2 unspecified atom stereocenters. The van der Waals surface area contributed by atoms with E-state index in [0.29, 0.717) is 0 Å². The standard InChI is InChI=1S/C11H12Cl2O5/c1-2-18-11(17)10(16)9(15)5-3-7(13)8(14)4-6(5)12/h3-4,9-10,14-16H,2H2,1H3. The SMILES string of the molecule is CCOC(=O)C(O)C(O)c1cc(Cl)c(O)cc1Cl. The second-order valence-corrected chi connectivity index (χ2v) is 4.28. The molecule has 0 bridgehead atoms. The second kappa shape index (κ2) is 6.24. The van der Waals surface area contributed by atoms with Gasteiger partial charge in [-0.2, -0.15) is 0 Å². The van der Waals surface area contributed by atoms with Gasteiger partial charge in [-0.1, -0.05) is 23.2 Å². The van der Waals surface area contributed by atoms with Crippen LogP contribution in [-0.2, 0) is 9.53 Å². The number of esters is 1. The van der Waals surface area contributed by atoms with Crippen LogP contribution >= 0.6 is 23.2 Å². The van der Waals surface area contributed by atoms with Crippen molar-refractivity contribution in [2.24, 2.45) is 0 Å². The van der Waals surface area contributed by atoms with Crippen LogP contribution in [0.1, 0.15) is 18.6 Å². The Balaban J connectivity index is 3.00. The molecule has 0 heterocycles. The predicted molar refractivity (Wildman–Crippen MR) is 65.7 cm³/mol. The quantitative estimate of drug-likeness (QED) is 0.735. The van der Waals surface area contributed by atoms with Crippen LogP contribution < -0.4 is 0 Å². The number of phenols is 1. The number of ether oxygens (including phenoxy) is 1. The van der Waals surface area contributed by atoms with E-state index in [1.54, 1.807) is 6.92 Å². The lowest BCUT2D eigenvalue weighted by atomic mass is 10.0. The molecule has 7 heteroatoms. The molecule has 0 spiro atoms. The molecule has 3 N–H and O–H groups in total. The zero-order valence-corrected chi connectivity index (χ0v) is 10.9. The minimum atomic E-state index is -1.77. The Labute approximate surface area is 114 Å². The Hall–Kier alpha value is -1.01. The van der Waals surface area contributed by atoms with Gasteiger partial charge in [0, 0.05) is 11.6 Å². The highest BCUT2D eigenvalue weighted by atomic mass is 35.5. The molecule has 2 atom stereocenters. The highest BCUT2D eigenvalue weighted by Gasteiger charge is 2.29. The van der Waals surface area contributed by atoms with Gasteiger partial charge in [0.15, 0.2) is 6.10 Å². The number of aliphatic hydroxyl groups is 2. The number of aliphatic hydroxyl groups excluding tert-OH is 2. The van der Waals surface area contributed by atoms with Gasteiger partial charge in [0.2, 0.25) is 0 Å². The minimum Gasteiger partial charge on any atom is -0.506 e. The second-order valence-electron chi connectivity index (χ2n) is 3.47. The summed E-state index contributed by atoms with van der Waals surface area (Å²) in [6.45, 7) is 1.65. The first-order valence-electron chi connectivity index (χ1n) is 5.09. The predicted octanol–water partition coefficient (Wildman–Crippen LogP) is 1.66. The molecule has 0 aliphatic rings. The van der Waals surface area contributed by atoms with Gasteiger partial charge in [-0.05, 0) is 13.0 Å². The summed E-state index contributed by atoms with van der Waals surface area (Å²) in [4.78, 5) is 11.3. The van der Waals surface area contributed by atoms with Gasteiger partial charge in [0.05, 0.1) is 16.7 Å². The average molecular weight is 295 g/mol. The molecule has 0 saturated heterocycles. The number of benzene rings is 1. The van der Waals surface area contributed by atoms with E-state index in [2.05, 4.69) is 4.74 Å². The molecule has 1 aromatic rings. The molecule has 100 valence electrons. The molecule has 0 amide bonds. The first-order chi connectivity index (χ1) is 8.38. The summed E-state index contributed by atoms with van der Waals surface area (Å²) in [5.41, 5.74) is 0.0278. The van der Waals surface area contributed by atoms with Crippen LogP contribution in [0, 0.1) is 0 Å². The van der Waals surface area contributed by atoms with E-state index in [9.17, 15) is 20.1 Å². The van der Waals surface area contributed by atoms with E-state index in [-0.39, 0.29) is 28.0 Å². The van der Waals surface area contributed by atoms with E-state index in [1.165, 1.54) is 6.07 Å². The van der Waals surface area contributed by atoms with Crippen molar-refractivity contribution in [3.8, 4) is 5.75 Å². The molecule has 1 rings (SSSR count). The molecule has 1 aromatic carbocycles. The Morgan fingerprint density at radius 1 is 1.33 bits per heavy atom. The number of carbonyl (C=O) groups is 1. The summed E-state index contributed by atoms with van der Waals surface area (Å²) in [5, 5.41) is 28.6. The molecular formula is C11H12Cl2O5. The monoisotopic (exact) mass is 294 g/mol. The van der Waals surface area contributed by atoms with Crippen LogP contribution in [0.25, 0.3) is 0 Å². The number of phenolic OH excluding ortho intramolecular Hbond substituents is 1. The maximum atomic E-state index is 11.3. The maximum absolute atomic E-state index is 11.3. The van der Waals surface area contributed by atoms with Crippen LogP contribution in [0.5, 0.6) is 5.75 Å². The molecule has 18 heavy (non-hydrogen) atoms. The third kappa shape index (κ3) is 3.26. The summed E-state index contributed by atoms with van der Waals surface area (Å²) >= 11 is 11.4. The van der Waals surface area contributed by atoms with Crippen LogP contribution in [-0.4, -0.2) is 34.0 Å². The third-order valence-electron chi connectivity index (χ3n) is 2.21. The fourth-order valence-corrected chi connectivity index (χ4v) is 1.75. The highest BCUT2D eigenvalue weighted by Crippen LogP contribution is 2.34. The topological polar surface area (TPSA) is 87.0 Å². The van der Waals surface area contributed by atoms with Gasteiger partial charge < -0.3 is 20.1 Å². The maximum Gasteiger partial charge on any atom is 0.338 e. The zero-order chi connectivity index (χ0) is 13.9. The molecule has 0 radical (unpaired) electrons. The fraction of sp³-hybridized carbons (Fsp3) is 0.364. The van der Waals surface area contributed by atoms with Crippen LogP contribution in [0.15, 0.2) is 12.1 Å². The molecule has 0 saturated carbocycles. The largest absolute Gasteiger partial charge is 0.506 e. The van der Waals surface area contributed by atoms with Crippen molar-refractivity contribution in [2.45, 2.75) is 19.1 Å². The van der Waals surface area contributed by atoms with Gasteiger partial charge in [-0.15, -0.1) is 0 Å². The van der Waals surface area contributed by atoms with Crippen molar-refractivity contribution < 1.29 is 24.9 Å². The minimum absolute atomic E-state index is 0.0206. The van der Waals surface area contributed by atoms with Crippen molar-refractivity contribution in [3.05, 3.63) is 27.7 Å². The Morgan fingerprint density at radius 2 is 1.94 bits per heavy atom. The molecule has 0 aliphatic heterocycles. The van der Waals surface area contributed by atoms with Gasteiger partial charge in [0.25, 0.3) is 0 Å². The highest BCUT2D eigenvalue weighted by molar-refractivity contribution is 6.34. The Kier molecular flexibility index (Phi) is 5.22. The molecule has 0 fully saturated rings. The summed E-state index contributed by atoms with van der Waals surface area (Å²) in [6, 6.07) is 2.28. The summed E-state index contributed by atoms with van der Waals surface area (Å²) in [6.07, 6.45) is -3.36. The average Bonchev–Trinajstić information content (AvgIpc) is 2.32. The van der Waals surface area contributed by atoms with Gasteiger partial charge in [-0.3, -0.25) is 0 Å². The Bertz CT molecular complexity index is 449. The molecule has 0 aromatic heterocycles. The Morgan fingerprint density at radius 3 is 2.50 bits per heavy atom.